The summed E-state index contributed by atoms with van der Waals surface area (Å²) in [7, 11) is 0. The number of nitrogens with one attached hydrogen (secondary N) is 1. The number of nitrogens with zero attached hydrogens (tertiary/aromatic N) is 3. The number of carbonyl (C=O) groups excluding carboxylic acids is 2. The van der Waals surface area contributed by atoms with Crippen LogP contribution in [0.2, 0.25) is 5.15 Å². The molecule has 1 aromatic rings. The highest BCUT2D eigenvalue weighted by Gasteiger charge is 2.27. The number of amides is 2. The standard InChI is InChI=1S/C17H25ClN4O3/c1-12(19-16(24)25-17(2,3)4)15(23)22-10-8-21(9-11-22)14-7-5-6-13(18)20-14/h5-7,12H,8-11H2,1-4H3,(H,19,24)/t12-/m1/s1. The van der Waals surface area contributed by atoms with E-state index < -0.39 is 17.7 Å². The molecule has 0 bridgehead atoms. The molecule has 1 fully saturated rings. The quantitative estimate of drug-likeness (QED) is 0.828. The van der Waals surface area contributed by atoms with Gasteiger partial charge in [-0.25, -0.2) is 9.78 Å². The summed E-state index contributed by atoms with van der Waals surface area (Å²) in [6.07, 6.45) is -0.588. The SMILES string of the molecule is C[C@@H](NC(=O)OC(C)(C)C)C(=O)N1CCN(c2cccc(Cl)n2)CC1. The summed E-state index contributed by atoms with van der Waals surface area (Å²) in [4.78, 5) is 32.4. The molecule has 1 atom stereocenters. The number of hydrogen-bond acceptors (Lipinski definition) is 5. The van der Waals surface area contributed by atoms with Crippen LogP contribution in [0.5, 0.6) is 0 Å². The predicted molar refractivity (Wildman–Crippen MR) is 96.9 cm³/mol. The topological polar surface area (TPSA) is 74.8 Å². The highest BCUT2D eigenvalue weighted by atomic mass is 35.5. The number of alkyl carbamates (subject to hydrolysis) is 1. The Kier molecular flexibility index (Phi) is 6.11. The predicted octanol–water partition coefficient (Wildman–Crippen LogP) is 2.30. The van der Waals surface area contributed by atoms with Gasteiger partial charge in [-0.3, -0.25) is 4.79 Å². The van der Waals surface area contributed by atoms with Crippen molar-refractivity contribution in [2.24, 2.45) is 0 Å². The van der Waals surface area contributed by atoms with Crippen LogP contribution in [-0.2, 0) is 9.53 Å². The monoisotopic (exact) mass is 368 g/mol. The lowest BCUT2D eigenvalue weighted by Gasteiger charge is -2.36. The number of rotatable bonds is 3. The molecule has 1 aliphatic rings. The number of piperazine rings is 1. The molecule has 1 aliphatic heterocycles. The normalized spacial score (nSPS) is 16.4. The number of ether oxygens (including phenoxy) is 1. The molecule has 2 rings (SSSR count). The van der Waals surface area contributed by atoms with Gasteiger partial charge in [0.25, 0.3) is 0 Å². The molecule has 1 N–H and O–H groups in total. The molecular formula is C17H25ClN4O3. The summed E-state index contributed by atoms with van der Waals surface area (Å²) in [6, 6.07) is 4.85. The Morgan fingerprint density at radius 1 is 1.24 bits per heavy atom. The van der Waals surface area contributed by atoms with E-state index in [0.29, 0.717) is 31.3 Å². The van der Waals surface area contributed by atoms with Gasteiger partial charge in [0.1, 0.15) is 22.6 Å². The van der Waals surface area contributed by atoms with Crippen LogP contribution in [0.3, 0.4) is 0 Å². The second-order valence-corrected chi connectivity index (χ2v) is 7.39. The lowest BCUT2D eigenvalue weighted by Crippen LogP contribution is -2.54. The van der Waals surface area contributed by atoms with Gasteiger partial charge >= 0.3 is 6.09 Å². The zero-order valence-electron chi connectivity index (χ0n) is 15.1. The van der Waals surface area contributed by atoms with Crippen LogP contribution < -0.4 is 10.2 Å². The second-order valence-electron chi connectivity index (χ2n) is 7.00. The Bertz CT molecular complexity index is 625. The van der Waals surface area contributed by atoms with Crippen molar-refractivity contribution in [2.45, 2.75) is 39.3 Å². The minimum atomic E-state index is -0.634. The van der Waals surface area contributed by atoms with Crippen LogP contribution in [0.4, 0.5) is 10.6 Å². The maximum atomic E-state index is 12.5. The van der Waals surface area contributed by atoms with E-state index in [1.54, 1.807) is 38.7 Å². The third-order valence-electron chi connectivity index (χ3n) is 3.72. The summed E-state index contributed by atoms with van der Waals surface area (Å²) in [6.45, 7) is 9.46. The smallest absolute Gasteiger partial charge is 0.408 e. The van der Waals surface area contributed by atoms with Gasteiger partial charge in [0.05, 0.1) is 0 Å². The number of aromatic nitrogens is 1. The lowest BCUT2D eigenvalue weighted by atomic mass is 10.2. The van der Waals surface area contributed by atoms with E-state index in [9.17, 15) is 9.59 Å². The maximum absolute atomic E-state index is 12.5. The number of carbonyl (C=O) groups is 2. The van der Waals surface area contributed by atoms with Crippen molar-refractivity contribution in [3.8, 4) is 0 Å². The third-order valence-corrected chi connectivity index (χ3v) is 3.93. The van der Waals surface area contributed by atoms with Crippen LogP contribution >= 0.6 is 11.6 Å². The average Bonchev–Trinajstić information content (AvgIpc) is 2.52. The zero-order valence-corrected chi connectivity index (χ0v) is 15.8. The van der Waals surface area contributed by atoms with E-state index >= 15 is 0 Å². The lowest BCUT2D eigenvalue weighted by molar-refractivity contribution is -0.133. The highest BCUT2D eigenvalue weighted by molar-refractivity contribution is 6.29. The summed E-state index contributed by atoms with van der Waals surface area (Å²) in [5.41, 5.74) is -0.595. The van der Waals surface area contributed by atoms with Crippen LogP contribution in [0.15, 0.2) is 18.2 Å². The fourth-order valence-electron chi connectivity index (χ4n) is 2.55. The van der Waals surface area contributed by atoms with Crippen molar-refractivity contribution >= 4 is 29.4 Å². The highest BCUT2D eigenvalue weighted by Crippen LogP contribution is 2.16. The van der Waals surface area contributed by atoms with Crippen LogP contribution in [0.25, 0.3) is 0 Å². The molecule has 7 nitrogen and oxygen atoms in total. The van der Waals surface area contributed by atoms with Crippen molar-refractivity contribution < 1.29 is 14.3 Å². The fourth-order valence-corrected chi connectivity index (χ4v) is 2.71. The van der Waals surface area contributed by atoms with Gasteiger partial charge in [0.2, 0.25) is 5.91 Å². The first-order valence-corrected chi connectivity index (χ1v) is 8.69. The maximum Gasteiger partial charge on any atom is 0.408 e. The molecule has 2 heterocycles. The number of hydrogen-bond donors (Lipinski definition) is 1. The molecule has 2 amide bonds. The zero-order chi connectivity index (χ0) is 18.6. The van der Waals surface area contributed by atoms with Gasteiger partial charge in [0.15, 0.2) is 0 Å². The minimum absolute atomic E-state index is 0.121. The van der Waals surface area contributed by atoms with Gasteiger partial charge in [-0.1, -0.05) is 17.7 Å². The molecule has 0 saturated carbocycles. The van der Waals surface area contributed by atoms with Crippen molar-refractivity contribution in [1.29, 1.82) is 0 Å². The third kappa shape index (κ3) is 5.77. The molecule has 25 heavy (non-hydrogen) atoms. The molecule has 138 valence electrons. The van der Waals surface area contributed by atoms with E-state index in [4.69, 9.17) is 16.3 Å². The van der Waals surface area contributed by atoms with Gasteiger partial charge in [-0.15, -0.1) is 0 Å². The Balaban J connectivity index is 1.85. The van der Waals surface area contributed by atoms with Crippen molar-refractivity contribution in [2.75, 3.05) is 31.1 Å². The average molecular weight is 369 g/mol. The van der Waals surface area contributed by atoms with E-state index in [1.807, 2.05) is 12.1 Å². The van der Waals surface area contributed by atoms with Gasteiger partial charge in [-0.2, -0.15) is 0 Å². The van der Waals surface area contributed by atoms with Crippen molar-refractivity contribution in [3.63, 3.8) is 0 Å². The molecule has 0 spiro atoms. The molecule has 0 unspecified atom stereocenters. The van der Waals surface area contributed by atoms with Crippen LogP contribution in [0.1, 0.15) is 27.7 Å². The fraction of sp³-hybridized carbons (Fsp3) is 0.588. The van der Waals surface area contributed by atoms with Crippen LogP contribution in [-0.4, -0.2) is 59.7 Å². The summed E-state index contributed by atoms with van der Waals surface area (Å²) < 4.78 is 5.18. The Morgan fingerprint density at radius 3 is 2.44 bits per heavy atom. The molecule has 1 aromatic heterocycles. The Hall–Kier alpha value is -2.02. The molecule has 0 aliphatic carbocycles. The first kappa shape index (κ1) is 19.3. The summed E-state index contributed by atoms with van der Waals surface area (Å²) in [5.74, 6) is 0.684. The van der Waals surface area contributed by atoms with Crippen molar-refractivity contribution in [1.82, 2.24) is 15.2 Å². The molecule has 0 radical (unpaired) electrons. The second kappa shape index (κ2) is 7.91. The number of halogens is 1. The molecule has 1 saturated heterocycles. The first-order chi connectivity index (χ1) is 11.7. The summed E-state index contributed by atoms with van der Waals surface area (Å²) in [5, 5.41) is 3.04. The van der Waals surface area contributed by atoms with E-state index in [-0.39, 0.29) is 5.91 Å². The Morgan fingerprint density at radius 2 is 1.88 bits per heavy atom. The molecule has 0 aromatic carbocycles. The first-order valence-electron chi connectivity index (χ1n) is 8.31. The number of pyridine rings is 1. The molecular weight excluding hydrogens is 344 g/mol. The van der Waals surface area contributed by atoms with E-state index in [1.165, 1.54) is 0 Å². The Labute approximate surface area is 153 Å². The van der Waals surface area contributed by atoms with Gasteiger partial charge < -0.3 is 19.9 Å². The van der Waals surface area contributed by atoms with E-state index in [2.05, 4.69) is 15.2 Å². The number of anilines is 1. The minimum Gasteiger partial charge on any atom is -0.444 e. The van der Waals surface area contributed by atoms with Gasteiger partial charge in [-0.05, 0) is 39.8 Å². The van der Waals surface area contributed by atoms with E-state index in [0.717, 1.165) is 5.82 Å². The van der Waals surface area contributed by atoms with Crippen molar-refractivity contribution in [3.05, 3.63) is 23.4 Å². The molecule has 8 heteroatoms. The summed E-state index contributed by atoms with van der Waals surface area (Å²) >= 11 is 5.92. The van der Waals surface area contributed by atoms with Crippen LogP contribution in [0, 0.1) is 0 Å². The largest absolute Gasteiger partial charge is 0.444 e. The van der Waals surface area contributed by atoms with Gasteiger partial charge in [0, 0.05) is 26.2 Å².